The number of rotatable bonds is 11. The first-order valence-electron chi connectivity index (χ1n) is 15.2. The zero-order valence-electron chi connectivity index (χ0n) is 27.1. The van der Waals surface area contributed by atoms with Crippen LogP contribution in [0.1, 0.15) is 97.4 Å². The van der Waals surface area contributed by atoms with Crippen LogP contribution < -0.4 is 10.5 Å². The van der Waals surface area contributed by atoms with Gasteiger partial charge >= 0.3 is 0 Å². The van der Waals surface area contributed by atoms with Gasteiger partial charge in [0, 0.05) is 12.6 Å². The zero-order valence-corrected chi connectivity index (χ0v) is 27.9. The van der Waals surface area contributed by atoms with Crippen molar-refractivity contribution in [1.82, 2.24) is 0 Å². The predicted octanol–water partition coefficient (Wildman–Crippen LogP) is 9.38. The van der Waals surface area contributed by atoms with Gasteiger partial charge in [-0.3, -0.25) is 4.79 Å². The summed E-state index contributed by atoms with van der Waals surface area (Å²) < 4.78 is 22.0. The van der Waals surface area contributed by atoms with E-state index < -0.39 is 10.0 Å². The molecular weight excluding hydrogens is 552 g/mol. The van der Waals surface area contributed by atoms with Crippen LogP contribution in [-0.2, 0) is 34.1 Å². The Morgan fingerprint density at radius 1 is 0.651 bits per heavy atom. The highest BCUT2D eigenvalue weighted by atomic mass is 32.2. The SMILES string of the molecule is C.CC(=O)Nc1ccc(CCC(C)C)cc1.CC(C)CCc1ccc(S(N)(=O)=O)cc1.Cc1ccc(CCC(C)C)cc1. The second-order valence-corrected chi connectivity index (χ2v) is 13.9. The lowest BCUT2D eigenvalue weighted by molar-refractivity contribution is -0.114. The molecule has 3 rings (SSSR count). The Bertz CT molecular complexity index is 1260. The van der Waals surface area contributed by atoms with E-state index in [0.29, 0.717) is 5.92 Å². The molecule has 0 aliphatic carbocycles. The van der Waals surface area contributed by atoms with E-state index in [-0.39, 0.29) is 18.2 Å². The highest BCUT2D eigenvalue weighted by Gasteiger charge is 2.06. The summed E-state index contributed by atoms with van der Waals surface area (Å²) in [5, 5.41) is 7.76. The molecule has 0 aliphatic rings. The Hall–Kier alpha value is -2.96. The van der Waals surface area contributed by atoms with E-state index in [1.54, 1.807) is 12.1 Å². The molecule has 3 aromatic rings. The number of sulfonamides is 1. The number of hydrogen-bond donors (Lipinski definition) is 2. The van der Waals surface area contributed by atoms with Crippen LogP contribution in [0.2, 0.25) is 0 Å². The van der Waals surface area contributed by atoms with E-state index in [1.165, 1.54) is 42.9 Å². The van der Waals surface area contributed by atoms with E-state index in [9.17, 15) is 13.2 Å². The van der Waals surface area contributed by atoms with E-state index in [4.69, 9.17) is 5.14 Å². The monoisotopic (exact) mass is 610 g/mol. The second kappa shape index (κ2) is 20.9. The van der Waals surface area contributed by atoms with Crippen molar-refractivity contribution < 1.29 is 13.2 Å². The molecule has 240 valence electrons. The van der Waals surface area contributed by atoms with Crippen molar-refractivity contribution >= 4 is 21.6 Å². The molecular formula is C37H58N2O3S. The Kier molecular flexibility index (Phi) is 19.4. The third kappa shape index (κ3) is 19.8. The summed E-state index contributed by atoms with van der Waals surface area (Å²) in [4.78, 5) is 11.0. The van der Waals surface area contributed by atoms with Gasteiger partial charge in [-0.2, -0.15) is 0 Å². The highest BCUT2D eigenvalue weighted by molar-refractivity contribution is 7.89. The Labute approximate surface area is 263 Å². The molecule has 0 saturated heterocycles. The highest BCUT2D eigenvalue weighted by Crippen LogP contribution is 2.14. The zero-order chi connectivity index (χ0) is 31.7. The van der Waals surface area contributed by atoms with Crippen LogP contribution in [0.25, 0.3) is 0 Å². The van der Waals surface area contributed by atoms with Gasteiger partial charge in [0.1, 0.15) is 0 Å². The van der Waals surface area contributed by atoms with Gasteiger partial charge in [0.15, 0.2) is 0 Å². The lowest BCUT2D eigenvalue weighted by Gasteiger charge is -2.06. The van der Waals surface area contributed by atoms with Crippen molar-refractivity contribution in [3.05, 3.63) is 95.1 Å². The Morgan fingerprint density at radius 2 is 0.977 bits per heavy atom. The molecule has 0 bridgehead atoms. The number of carbonyl (C=O) groups is 1. The second-order valence-electron chi connectivity index (χ2n) is 12.4. The predicted molar refractivity (Wildman–Crippen MR) is 186 cm³/mol. The summed E-state index contributed by atoms with van der Waals surface area (Å²) in [6.07, 6.45) is 6.91. The number of hydrogen-bond acceptors (Lipinski definition) is 3. The molecule has 0 saturated carbocycles. The van der Waals surface area contributed by atoms with Gasteiger partial charge < -0.3 is 5.32 Å². The molecule has 0 unspecified atom stereocenters. The normalized spacial score (nSPS) is 10.8. The number of amides is 1. The Balaban J connectivity index is 0.000000613. The molecule has 6 heteroatoms. The molecule has 0 aromatic heterocycles. The summed E-state index contributed by atoms with van der Waals surface area (Å²) in [5.41, 5.74) is 6.17. The number of nitrogens with two attached hydrogens (primary N) is 1. The minimum Gasteiger partial charge on any atom is -0.326 e. The molecule has 1 amide bonds. The van der Waals surface area contributed by atoms with Crippen LogP contribution >= 0.6 is 0 Å². The van der Waals surface area contributed by atoms with E-state index >= 15 is 0 Å². The topological polar surface area (TPSA) is 89.3 Å². The van der Waals surface area contributed by atoms with Gasteiger partial charge in [0.2, 0.25) is 15.9 Å². The molecule has 0 radical (unpaired) electrons. The maximum atomic E-state index is 11.0. The molecule has 3 aromatic carbocycles. The van der Waals surface area contributed by atoms with E-state index in [2.05, 4.69) is 90.2 Å². The van der Waals surface area contributed by atoms with Crippen molar-refractivity contribution in [3.8, 4) is 0 Å². The van der Waals surface area contributed by atoms with Crippen molar-refractivity contribution in [2.75, 3.05) is 5.32 Å². The average molecular weight is 611 g/mol. The third-order valence-corrected chi connectivity index (χ3v) is 7.61. The smallest absolute Gasteiger partial charge is 0.238 e. The van der Waals surface area contributed by atoms with Crippen molar-refractivity contribution in [2.24, 2.45) is 22.9 Å². The van der Waals surface area contributed by atoms with Crippen LogP contribution in [0.3, 0.4) is 0 Å². The largest absolute Gasteiger partial charge is 0.326 e. The maximum Gasteiger partial charge on any atom is 0.238 e. The number of carbonyl (C=O) groups excluding carboxylic acids is 1. The summed E-state index contributed by atoms with van der Waals surface area (Å²) in [6.45, 7) is 17.0. The number of nitrogens with one attached hydrogen (secondary N) is 1. The van der Waals surface area contributed by atoms with Crippen LogP contribution in [-0.4, -0.2) is 14.3 Å². The van der Waals surface area contributed by atoms with Crippen LogP contribution in [0, 0.1) is 24.7 Å². The van der Waals surface area contributed by atoms with Crippen molar-refractivity contribution in [3.63, 3.8) is 0 Å². The standard InChI is InChI=1S/C13H19NO.C12H18.C11H17NO2S.CH4/c1-10(2)4-5-12-6-8-13(9-7-12)14-11(3)15;1-10(2)4-7-12-8-5-11(3)6-9-12;1-9(2)3-4-10-5-7-11(8-6-10)15(12,13)14;/h6-10H,4-5H2,1-3H3,(H,14,15);5-6,8-10H,4,7H2,1-3H3;5-9H,3-4H2,1-2H3,(H2,12,13,14);1H4. The fraction of sp³-hybridized carbons (Fsp3) is 0.486. The number of anilines is 1. The minimum absolute atomic E-state index is 0. The third-order valence-electron chi connectivity index (χ3n) is 6.68. The summed E-state index contributed by atoms with van der Waals surface area (Å²) in [7, 11) is -3.55. The molecule has 5 nitrogen and oxygen atoms in total. The molecule has 0 aliphatic heterocycles. The van der Waals surface area contributed by atoms with Gasteiger partial charge in [0.25, 0.3) is 0 Å². The maximum absolute atomic E-state index is 11.0. The first-order chi connectivity index (χ1) is 19.6. The number of primary sulfonamides is 1. The lowest BCUT2D eigenvalue weighted by Crippen LogP contribution is -2.11. The molecule has 0 fully saturated rings. The van der Waals surface area contributed by atoms with Gasteiger partial charge in [-0.05, 0) is 104 Å². The van der Waals surface area contributed by atoms with Gasteiger partial charge in [-0.1, -0.05) is 103 Å². The molecule has 43 heavy (non-hydrogen) atoms. The Morgan fingerprint density at radius 3 is 1.28 bits per heavy atom. The van der Waals surface area contributed by atoms with Gasteiger partial charge in [0.05, 0.1) is 4.90 Å². The summed E-state index contributed by atoms with van der Waals surface area (Å²) in [5.74, 6) is 2.18. The van der Waals surface area contributed by atoms with E-state index in [1.807, 2.05) is 24.3 Å². The van der Waals surface area contributed by atoms with Crippen molar-refractivity contribution in [1.29, 1.82) is 0 Å². The molecule has 3 N–H and O–H groups in total. The molecule has 0 atom stereocenters. The summed E-state index contributed by atoms with van der Waals surface area (Å²) in [6, 6.07) is 23.7. The van der Waals surface area contributed by atoms with Gasteiger partial charge in [-0.15, -0.1) is 0 Å². The summed E-state index contributed by atoms with van der Waals surface area (Å²) >= 11 is 0. The first kappa shape index (κ1) is 40.0. The molecule has 0 spiro atoms. The molecule has 0 heterocycles. The lowest BCUT2D eigenvalue weighted by atomic mass is 10.0. The fourth-order valence-electron chi connectivity index (χ4n) is 3.92. The number of aryl methyl sites for hydroxylation is 4. The average Bonchev–Trinajstić information content (AvgIpc) is 2.91. The van der Waals surface area contributed by atoms with Crippen molar-refractivity contribution in [2.45, 2.75) is 106 Å². The fourth-order valence-corrected chi connectivity index (χ4v) is 4.44. The number of benzene rings is 3. The van der Waals surface area contributed by atoms with Gasteiger partial charge in [-0.25, -0.2) is 13.6 Å². The minimum atomic E-state index is -3.55. The van der Waals surface area contributed by atoms with Crippen LogP contribution in [0.5, 0.6) is 0 Å². The first-order valence-corrected chi connectivity index (χ1v) is 16.7. The van der Waals surface area contributed by atoms with Crippen LogP contribution in [0.4, 0.5) is 5.69 Å². The van der Waals surface area contributed by atoms with E-state index in [0.717, 1.165) is 42.3 Å². The van der Waals surface area contributed by atoms with Crippen LogP contribution in [0.15, 0.2) is 77.7 Å². The quantitative estimate of drug-likeness (QED) is 0.227.